The Morgan fingerprint density at radius 1 is 1.11 bits per heavy atom. The van der Waals surface area contributed by atoms with Gasteiger partial charge in [-0.2, -0.15) is 0 Å². The number of ether oxygens (including phenoxy) is 1. The van der Waals surface area contributed by atoms with E-state index >= 15 is 0 Å². The number of nitro benzene ring substituents is 1. The van der Waals surface area contributed by atoms with E-state index in [4.69, 9.17) is 4.74 Å². The van der Waals surface area contributed by atoms with Crippen molar-refractivity contribution in [3.05, 3.63) is 122 Å². The lowest BCUT2D eigenvalue weighted by atomic mass is 9.95. The number of carbonyl (C=O) groups excluding carboxylic acids is 2. The number of Topliss-reactive ketones (excluding diaryl/α,β-unsaturated/α-hetero) is 1. The highest BCUT2D eigenvalue weighted by Crippen LogP contribution is 2.43. The Bertz CT molecular complexity index is 1560. The molecule has 1 saturated heterocycles. The number of aliphatic hydroxyl groups excluding tert-OH is 1. The van der Waals surface area contributed by atoms with Crippen molar-refractivity contribution < 1.29 is 24.4 Å². The number of benzene rings is 3. The molecule has 1 aliphatic heterocycles. The summed E-state index contributed by atoms with van der Waals surface area (Å²) in [5, 5.41) is 24.5. The number of non-ortho nitro benzene ring substituents is 1. The molecule has 5 rings (SSSR count). The molecule has 2 heterocycles. The number of ketones is 1. The second kappa shape index (κ2) is 10.3. The minimum absolute atomic E-state index is 0.181. The van der Waals surface area contributed by atoms with Crippen LogP contribution in [0.5, 0.6) is 5.75 Å². The van der Waals surface area contributed by atoms with Crippen LogP contribution in [0.25, 0.3) is 5.76 Å². The van der Waals surface area contributed by atoms with Gasteiger partial charge in [-0.05, 0) is 42.3 Å². The second-order valence-electron chi connectivity index (χ2n) is 8.64. The molecule has 1 fully saturated rings. The van der Waals surface area contributed by atoms with E-state index in [0.717, 1.165) is 27.4 Å². The molecule has 0 aliphatic carbocycles. The first-order chi connectivity index (χ1) is 18.3. The van der Waals surface area contributed by atoms with Gasteiger partial charge >= 0.3 is 5.91 Å². The van der Waals surface area contributed by atoms with Crippen LogP contribution in [-0.4, -0.2) is 26.7 Å². The molecule has 0 bridgehead atoms. The molecule has 0 spiro atoms. The van der Waals surface area contributed by atoms with Gasteiger partial charge in [0.25, 0.3) is 11.5 Å². The lowest BCUT2D eigenvalue weighted by Crippen LogP contribution is -2.29. The first-order valence-electron chi connectivity index (χ1n) is 11.6. The molecular formula is C28H21N3O6S. The van der Waals surface area contributed by atoms with Crippen molar-refractivity contribution in [1.82, 2.24) is 4.98 Å². The number of aliphatic hydroxyl groups is 1. The molecule has 3 aromatic carbocycles. The maximum absolute atomic E-state index is 13.2. The van der Waals surface area contributed by atoms with Crippen LogP contribution < -0.4 is 9.64 Å². The van der Waals surface area contributed by atoms with Gasteiger partial charge in [0.1, 0.15) is 18.1 Å². The van der Waals surface area contributed by atoms with Gasteiger partial charge in [0.2, 0.25) is 0 Å². The molecule has 0 radical (unpaired) electrons. The van der Waals surface area contributed by atoms with Crippen molar-refractivity contribution in [2.45, 2.75) is 19.6 Å². The Kier molecular flexibility index (Phi) is 6.71. The van der Waals surface area contributed by atoms with Gasteiger partial charge in [0.15, 0.2) is 5.13 Å². The molecule has 190 valence electrons. The van der Waals surface area contributed by atoms with E-state index in [1.54, 1.807) is 35.7 Å². The van der Waals surface area contributed by atoms with E-state index in [1.807, 2.05) is 31.2 Å². The van der Waals surface area contributed by atoms with Gasteiger partial charge < -0.3 is 9.84 Å². The molecule has 1 N–H and O–H groups in total. The average molecular weight is 528 g/mol. The molecule has 4 aromatic rings. The zero-order chi connectivity index (χ0) is 26.8. The van der Waals surface area contributed by atoms with Crippen molar-refractivity contribution >= 4 is 39.6 Å². The normalized spacial score (nSPS) is 16.6. The zero-order valence-electron chi connectivity index (χ0n) is 20.1. The Hall–Kier alpha value is -4.83. The van der Waals surface area contributed by atoms with Crippen molar-refractivity contribution in [3.8, 4) is 5.75 Å². The van der Waals surface area contributed by atoms with E-state index in [-0.39, 0.29) is 16.4 Å². The second-order valence-corrected chi connectivity index (χ2v) is 9.51. The number of rotatable bonds is 7. The van der Waals surface area contributed by atoms with Crippen LogP contribution in [0.1, 0.15) is 28.3 Å². The molecule has 38 heavy (non-hydrogen) atoms. The number of thiazole rings is 1. The molecule has 1 amide bonds. The third-order valence-corrected chi connectivity index (χ3v) is 6.85. The van der Waals surface area contributed by atoms with E-state index in [9.17, 15) is 24.8 Å². The van der Waals surface area contributed by atoms with Crippen molar-refractivity contribution in [2.75, 3.05) is 4.90 Å². The third kappa shape index (κ3) is 4.76. The van der Waals surface area contributed by atoms with Crippen LogP contribution >= 0.6 is 11.3 Å². The van der Waals surface area contributed by atoms with Gasteiger partial charge in [0, 0.05) is 29.3 Å². The van der Waals surface area contributed by atoms with Crippen LogP contribution in [0.15, 0.2) is 89.9 Å². The minimum atomic E-state index is -1.10. The Morgan fingerprint density at radius 3 is 2.55 bits per heavy atom. The standard InChI is InChI=1S/C28H21N3O6S/c1-17-4-2-5-18(14-17)16-37-22-10-8-19(9-11-22)25(32)23-24(20-6-3-7-21(15-20)31(35)36)30(27(34)26(23)33)28-29-12-13-38-28/h2-15,24,32H,16H2,1H3/b25-23+. The fourth-order valence-corrected chi connectivity index (χ4v) is 4.99. The highest BCUT2D eigenvalue weighted by molar-refractivity contribution is 7.14. The topological polar surface area (TPSA) is 123 Å². The first kappa shape index (κ1) is 24.8. The van der Waals surface area contributed by atoms with Crippen LogP contribution in [0.4, 0.5) is 10.8 Å². The molecule has 1 aromatic heterocycles. The van der Waals surface area contributed by atoms with Crippen LogP contribution in [0, 0.1) is 17.0 Å². The SMILES string of the molecule is Cc1cccc(COc2ccc(/C(O)=C3\C(=O)C(=O)N(c4nccs4)C3c3cccc([N+](=O)[O-])c3)cc2)c1. The number of nitrogens with zero attached hydrogens (tertiary/aromatic N) is 3. The first-order valence-corrected chi connectivity index (χ1v) is 12.4. The fourth-order valence-electron chi connectivity index (χ4n) is 4.32. The van der Waals surface area contributed by atoms with Crippen molar-refractivity contribution in [3.63, 3.8) is 0 Å². The summed E-state index contributed by atoms with van der Waals surface area (Å²) in [6.07, 6.45) is 1.49. The molecule has 1 unspecified atom stereocenters. The van der Waals surface area contributed by atoms with Crippen LogP contribution in [0.2, 0.25) is 0 Å². The fraction of sp³-hybridized carbons (Fsp3) is 0.107. The smallest absolute Gasteiger partial charge is 0.301 e. The number of anilines is 1. The summed E-state index contributed by atoms with van der Waals surface area (Å²) in [4.78, 5) is 42.5. The Labute approximate surface area is 221 Å². The summed E-state index contributed by atoms with van der Waals surface area (Å²) in [5.41, 5.74) is 2.34. The average Bonchev–Trinajstić information content (AvgIpc) is 3.54. The minimum Gasteiger partial charge on any atom is -0.507 e. The van der Waals surface area contributed by atoms with E-state index in [0.29, 0.717) is 23.5 Å². The summed E-state index contributed by atoms with van der Waals surface area (Å²) in [6.45, 7) is 2.36. The summed E-state index contributed by atoms with van der Waals surface area (Å²) in [7, 11) is 0. The summed E-state index contributed by atoms with van der Waals surface area (Å²) in [5.74, 6) is -1.63. The summed E-state index contributed by atoms with van der Waals surface area (Å²) >= 11 is 1.14. The highest BCUT2D eigenvalue weighted by Gasteiger charge is 2.48. The number of amides is 1. The predicted molar refractivity (Wildman–Crippen MR) is 142 cm³/mol. The van der Waals surface area contributed by atoms with Gasteiger partial charge in [-0.1, -0.05) is 42.0 Å². The van der Waals surface area contributed by atoms with Crippen molar-refractivity contribution in [1.29, 1.82) is 0 Å². The molecule has 1 atom stereocenters. The van der Waals surface area contributed by atoms with Gasteiger partial charge in [-0.25, -0.2) is 4.98 Å². The molecule has 0 saturated carbocycles. The number of aromatic nitrogens is 1. The number of hydrogen-bond donors (Lipinski definition) is 1. The number of hydrogen-bond acceptors (Lipinski definition) is 8. The number of nitro groups is 1. The van der Waals surface area contributed by atoms with Gasteiger partial charge in [-0.15, -0.1) is 11.3 Å². The molecule has 10 heteroatoms. The lowest BCUT2D eigenvalue weighted by Gasteiger charge is -2.22. The largest absolute Gasteiger partial charge is 0.507 e. The van der Waals surface area contributed by atoms with Gasteiger partial charge in [-0.3, -0.25) is 24.6 Å². The Morgan fingerprint density at radius 2 is 1.87 bits per heavy atom. The molecular weight excluding hydrogens is 506 g/mol. The highest BCUT2D eigenvalue weighted by atomic mass is 32.1. The maximum Gasteiger partial charge on any atom is 0.301 e. The molecule has 9 nitrogen and oxygen atoms in total. The van der Waals surface area contributed by atoms with Gasteiger partial charge in [0.05, 0.1) is 16.5 Å². The zero-order valence-corrected chi connectivity index (χ0v) is 20.9. The van der Waals surface area contributed by atoms with E-state index < -0.39 is 28.4 Å². The number of aryl methyl sites for hydroxylation is 1. The maximum atomic E-state index is 13.2. The van der Waals surface area contributed by atoms with E-state index in [2.05, 4.69) is 4.98 Å². The van der Waals surface area contributed by atoms with Crippen molar-refractivity contribution in [2.24, 2.45) is 0 Å². The quantitative estimate of drug-likeness (QED) is 0.110. The lowest BCUT2D eigenvalue weighted by molar-refractivity contribution is -0.384. The van der Waals surface area contributed by atoms with Crippen LogP contribution in [0.3, 0.4) is 0 Å². The Balaban J connectivity index is 1.52. The van der Waals surface area contributed by atoms with Crippen LogP contribution in [-0.2, 0) is 16.2 Å². The monoisotopic (exact) mass is 527 g/mol. The third-order valence-electron chi connectivity index (χ3n) is 6.08. The van der Waals surface area contributed by atoms with E-state index in [1.165, 1.54) is 24.4 Å². The summed E-state index contributed by atoms with van der Waals surface area (Å²) < 4.78 is 5.84. The molecule has 1 aliphatic rings. The predicted octanol–water partition coefficient (Wildman–Crippen LogP) is 5.57. The summed E-state index contributed by atoms with van der Waals surface area (Å²) in [6, 6.07) is 19.0. The number of carbonyl (C=O) groups is 2.